The van der Waals surface area contributed by atoms with Crippen LogP contribution in [0.1, 0.15) is 11.5 Å². The summed E-state index contributed by atoms with van der Waals surface area (Å²) in [4.78, 5) is 12.9. The SMILES string of the molecule is Clc1nc(Cc2ccccn2)nc(Cl)c1-c1ccccc1. The van der Waals surface area contributed by atoms with E-state index in [0.717, 1.165) is 11.3 Å². The summed E-state index contributed by atoms with van der Waals surface area (Å²) in [6.07, 6.45) is 2.23. The summed E-state index contributed by atoms with van der Waals surface area (Å²) in [6, 6.07) is 15.3. The highest BCUT2D eigenvalue weighted by molar-refractivity contribution is 6.37. The molecule has 2 heterocycles. The Morgan fingerprint density at radius 3 is 2.10 bits per heavy atom. The van der Waals surface area contributed by atoms with Crippen molar-refractivity contribution in [2.24, 2.45) is 0 Å². The van der Waals surface area contributed by atoms with Crippen molar-refractivity contribution in [3.05, 3.63) is 76.6 Å². The molecule has 0 saturated carbocycles. The first kappa shape index (κ1) is 14.0. The molecule has 3 nitrogen and oxygen atoms in total. The van der Waals surface area contributed by atoms with Gasteiger partial charge in [0.1, 0.15) is 16.1 Å². The fraction of sp³-hybridized carbons (Fsp3) is 0.0625. The maximum atomic E-state index is 6.28. The van der Waals surface area contributed by atoms with Crippen molar-refractivity contribution in [2.75, 3.05) is 0 Å². The summed E-state index contributed by atoms with van der Waals surface area (Å²) >= 11 is 12.6. The Morgan fingerprint density at radius 1 is 0.810 bits per heavy atom. The van der Waals surface area contributed by atoms with Crippen LogP contribution in [0.15, 0.2) is 54.7 Å². The van der Waals surface area contributed by atoms with Gasteiger partial charge < -0.3 is 0 Å². The zero-order valence-electron chi connectivity index (χ0n) is 11.0. The van der Waals surface area contributed by atoms with Crippen LogP contribution in [0.25, 0.3) is 11.1 Å². The summed E-state index contributed by atoms with van der Waals surface area (Å²) in [5, 5.41) is 0.708. The van der Waals surface area contributed by atoms with Crippen LogP contribution in [0.4, 0.5) is 0 Å². The molecule has 0 atom stereocenters. The zero-order valence-corrected chi connectivity index (χ0v) is 12.5. The van der Waals surface area contributed by atoms with Crippen molar-refractivity contribution in [3.8, 4) is 11.1 Å². The minimum Gasteiger partial charge on any atom is -0.261 e. The van der Waals surface area contributed by atoms with Gasteiger partial charge in [0.2, 0.25) is 0 Å². The first-order valence-electron chi connectivity index (χ1n) is 6.41. The van der Waals surface area contributed by atoms with E-state index in [9.17, 15) is 0 Å². The molecule has 0 radical (unpaired) electrons. The fourth-order valence-electron chi connectivity index (χ4n) is 2.04. The van der Waals surface area contributed by atoms with E-state index in [1.807, 2.05) is 48.5 Å². The molecule has 5 heteroatoms. The van der Waals surface area contributed by atoms with Crippen LogP contribution in [0.2, 0.25) is 10.3 Å². The van der Waals surface area contributed by atoms with Crippen molar-refractivity contribution in [1.82, 2.24) is 15.0 Å². The molecule has 0 spiro atoms. The topological polar surface area (TPSA) is 38.7 Å². The van der Waals surface area contributed by atoms with Gasteiger partial charge in [-0.05, 0) is 17.7 Å². The standard InChI is InChI=1S/C16H11Cl2N3/c17-15-14(11-6-2-1-3-7-11)16(18)21-13(20-15)10-12-8-4-5-9-19-12/h1-9H,10H2. The minimum atomic E-state index is 0.354. The molecular formula is C16H11Cl2N3. The van der Waals surface area contributed by atoms with Crippen molar-refractivity contribution in [3.63, 3.8) is 0 Å². The maximum Gasteiger partial charge on any atom is 0.142 e. The normalized spacial score (nSPS) is 10.6. The van der Waals surface area contributed by atoms with Gasteiger partial charge in [-0.3, -0.25) is 4.98 Å². The van der Waals surface area contributed by atoms with Crippen molar-refractivity contribution >= 4 is 23.2 Å². The third kappa shape index (κ3) is 3.20. The van der Waals surface area contributed by atoms with Gasteiger partial charge >= 0.3 is 0 Å². The Morgan fingerprint density at radius 2 is 1.48 bits per heavy atom. The van der Waals surface area contributed by atoms with Gasteiger partial charge in [-0.15, -0.1) is 0 Å². The van der Waals surface area contributed by atoms with E-state index >= 15 is 0 Å². The molecule has 0 unspecified atom stereocenters. The Kier molecular flexibility index (Phi) is 4.13. The van der Waals surface area contributed by atoms with Crippen LogP contribution in [0.5, 0.6) is 0 Å². The third-order valence-electron chi connectivity index (χ3n) is 2.99. The average molecular weight is 316 g/mol. The summed E-state index contributed by atoms with van der Waals surface area (Å²) in [7, 11) is 0. The Hall–Kier alpha value is -1.97. The van der Waals surface area contributed by atoms with E-state index in [1.54, 1.807) is 6.20 Å². The smallest absolute Gasteiger partial charge is 0.142 e. The Balaban J connectivity index is 1.97. The lowest BCUT2D eigenvalue weighted by atomic mass is 10.1. The van der Waals surface area contributed by atoms with E-state index in [0.29, 0.717) is 28.1 Å². The van der Waals surface area contributed by atoms with Gasteiger partial charge in [-0.2, -0.15) is 0 Å². The number of halogens is 2. The van der Waals surface area contributed by atoms with Gasteiger partial charge in [-0.1, -0.05) is 59.6 Å². The minimum absolute atomic E-state index is 0.354. The molecule has 3 rings (SSSR count). The molecule has 2 aromatic heterocycles. The molecule has 0 saturated heterocycles. The molecule has 104 valence electrons. The Bertz CT molecular complexity index is 723. The van der Waals surface area contributed by atoms with Gasteiger partial charge in [0, 0.05) is 11.9 Å². The lowest BCUT2D eigenvalue weighted by Crippen LogP contribution is -2.01. The predicted molar refractivity (Wildman–Crippen MR) is 84.5 cm³/mol. The van der Waals surface area contributed by atoms with Crippen molar-refractivity contribution in [1.29, 1.82) is 0 Å². The van der Waals surface area contributed by atoms with Gasteiger partial charge in [0.25, 0.3) is 0 Å². The second-order valence-electron chi connectivity index (χ2n) is 4.46. The lowest BCUT2D eigenvalue weighted by Gasteiger charge is -2.08. The largest absolute Gasteiger partial charge is 0.261 e. The fourth-order valence-corrected chi connectivity index (χ4v) is 2.68. The second kappa shape index (κ2) is 6.20. The van der Waals surface area contributed by atoms with Crippen LogP contribution >= 0.6 is 23.2 Å². The number of rotatable bonds is 3. The molecule has 0 fully saturated rings. The summed E-state index contributed by atoms with van der Waals surface area (Å²) in [6.45, 7) is 0. The predicted octanol–water partition coefficient (Wildman–Crippen LogP) is 4.44. The average Bonchev–Trinajstić information content (AvgIpc) is 2.49. The highest BCUT2D eigenvalue weighted by Crippen LogP contribution is 2.32. The summed E-state index contributed by atoms with van der Waals surface area (Å²) in [5.74, 6) is 0.559. The number of nitrogens with zero attached hydrogens (tertiary/aromatic N) is 3. The molecule has 0 aliphatic heterocycles. The number of pyridine rings is 1. The molecule has 1 aromatic carbocycles. The molecule has 21 heavy (non-hydrogen) atoms. The Labute approximate surface area is 132 Å². The van der Waals surface area contributed by atoms with Crippen LogP contribution in [0.3, 0.4) is 0 Å². The van der Waals surface area contributed by atoms with E-state index in [-0.39, 0.29) is 0 Å². The second-order valence-corrected chi connectivity index (χ2v) is 5.18. The van der Waals surface area contributed by atoms with Crippen LogP contribution < -0.4 is 0 Å². The van der Waals surface area contributed by atoms with Gasteiger partial charge in [0.05, 0.1) is 12.0 Å². The zero-order chi connectivity index (χ0) is 14.7. The van der Waals surface area contributed by atoms with Crippen molar-refractivity contribution in [2.45, 2.75) is 6.42 Å². The van der Waals surface area contributed by atoms with E-state index in [4.69, 9.17) is 23.2 Å². The molecule has 0 aliphatic carbocycles. The first-order valence-corrected chi connectivity index (χ1v) is 7.17. The number of benzene rings is 1. The quantitative estimate of drug-likeness (QED) is 0.671. The van der Waals surface area contributed by atoms with Gasteiger partial charge in [-0.25, -0.2) is 9.97 Å². The molecule has 0 bridgehead atoms. The van der Waals surface area contributed by atoms with Crippen LogP contribution in [0, 0.1) is 0 Å². The van der Waals surface area contributed by atoms with Crippen LogP contribution in [-0.2, 0) is 6.42 Å². The molecule has 0 amide bonds. The van der Waals surface area contributed by atoms with E-state index in [2.05, 4.69) is 15.0 Å². The highest BCUT2D eigenvalue weighted by Gasteiger charge is 2.13. The van der Waals surface area contributed by atoms with E-state index < -0.39 is 0 Å². The molecule has 0 N–H and O–H groups in total. The number of hydrogen-bond acceptors (Lipinski definition) is 3. The first-order chi connectivity index (χ1) is 10.2. The maximum absolute atomic E-state index is 6.28. The molecular weight excluding hydrogens is 305 g/mol. The van der Waals surface area contributed by atoms with E-state index in [1.165, 1.54) is 0 Å². The molecule has 0 aliphatic rings. The summed E-state index contributed by atoms with van der Waals surface area (Å²) < 4.78 is 0. The molecule has 3 aromatic rings. The van der Waals surface area contributed by atoms with Crippen molar-refractivity contribution < 1.29 is 0 Å². The lowest BCUT2D eigenvalue weighted by molar-refractivity contribution is 0.937. The number of hydrogen-bond donors (Lipinski definition) is 0. The third-order valence-corrected chi connectivity index (χ3v) is 3.54. The monoisotopic (exact) mass is 315 g/mol. The summed E-state index contributed by atoms with van der Waals surface area (Å²) in [5.41, 5.74) is 2.43. The number of aromatic nitrogens is 3. The highest BCUT2D eigenvalue weighted by atomic mass is 35.5. The van der Waals surface area contributed by atoms with Gasteiger partial charge in [0.15, 0.2) is 0 Å². The van der Waals surface area contributed by atoms with Crippen LogP contribution in [-0.4, -0.2) is 15.0 Å².